The number of benzene rings is 1. The minimum atomic E-state index is -3.59. The van der Waals surface area contributed by atoms with Crippen LogP contribution in [0.15, 0.2) is 41.6 Å². The summed E-state index contributed by atoms with van der Waals surface area (Å²) in [6, 6.07) is 5.99. The number of ether oxygens (including phenoxy) is 1. The first-order chi connectivity index (χ1) is 9.44. The highest BCUT2D eigenvalue weighted by Crippen LogP contribution is 2.29. The topological polar surface area (TPSA) is 82.3 Å². The van der Waals surface area contributed by atoms with Crippen LogP contribution in [-0.4, -0.2) is 20.5 Å². The Kier molecular flexibility index (Phi) is 4.15. The number of hydrogen-bond donors (Lipinski definition) is 1. The molecule has 1 heterocycles. The van der Waals surface area contributed by atoms with E-state index in [1.54, 1.807) is 6.07 Å². The summed E-state index contributed by atoms with van der Waals surface area (Å²) in [5.41, 5.74) is 6.54. The number of sulfone groups is 1. The number of pyridine rings is 1. The molecule has 1 aromatic carbocycles. The molecular formula is C13H13ClN2O3S. The van der Waals surface area contributed by atoms with Crippen molar-refractivity contribution in [3.8, 4) is 5.75 Å². The molecule has 0 aliphatic rings. The second-order valence-corrected chi connectivity index (χ2v) is 6.50. The van der Waals surface area contributed by atoms with Gasteiger partial charge in [0.25, 0.3) is 0 Å². The molecule has 5 nitrogen and oxygen atoms in total. The summed E-state index contributed by atoms with van der Waals surface area (Å²) in [5, 5.41) is 0.311. The monoisotopic (exact) mass is 312 g/mol. The van der Waals surface area contributed by atoms with Gasteiger partial charge in [-0.1, -0.05) is 11.6 Å². The number of methoxy groups -OCH3 is 1. The molecule has 0 spiro atoms. The lowest BCUT2D eigenvalue weighted by Gasteiger charge is -2.11. The summed E-state index contributed by atoms with van der Waals surface area (Å²) in [4.78, 5) is 3.91. The number of nitrogens with zero attached hydrogens (tertiary/aromatic N) is 1. The number of hydrogen-bond acceptors (Lipinski definition) is 5. The van der Waals surface area contributed by atoms with Crippen molar-refractivity contribution in [2.45, 2.75) is 10.6 Å². The van der Waals surface area contributed by atoms with Crippen molar-refractivity contribution in [1.82, 2.24) is 4.98 Å². The van der Waals surface area contributed by atoms with E-state index in [4.69, 9.17) is 22.1 Å². The number of halogens is 1. The first-order valence-electron chi connectivity index (χ1n) is 5.68. The van der Waals surface area contributed by atoms with E-state index >= 15 is 0 Å². The molecule has 0 saturated carbocycles. The van der Waals surface area contributed by atoms with Crippen LogP contribution in [-0.2, 0) is 15.6 Å². The van der Waals surface area contributed by atoms with Gasteiger partial charge < -0.3 is 10.5 Å². The van der Waals surface area contributed by atoms with Crippen LogP contribution in [0.1, 0.15) is 5.56 Å². The molecule has 0 bridgehead atoms. The van der Waals surface area contributed by atoms with Crippen molar-refractivity contribution in [3.05, 3.63) is 47.2 Å². The van der Waals surface area contributed by atoms with E-state index in [1.807, 2.05) is 0 Å². The van der Waals surface area contributed by atoms with Gasteiger partial charge in [0.2, 0.25) is 0 Å². The third kappa shape index (κ3) is 3.02. The highest BCUT2D eigenvalue weighted by atomic mass is 35.5. The van der Waals surface area contributed by atoms with Gasteiger partial charge in [-0.05, 0) is 23.8 Å². The van der Waals surface area contributed by atoms with Crippen molar-refractivity contribution in [1.29, 1.82) is 0 Å². The van der Waals surface area contributed by atoms with Gasteiger partial charge in [0, 0.05) is 24.1 Å². The highest BCUT2D eigenvalue weighted by molar-refractivity contribution is 7.90. The fraction of sp³-hybridized carbons (Fsp3) is 0.154. The molecule has 20 heavy (non-hydrogen) atoms. The Morgan fingerprint density at radius 1 is 1.35 bits per heavy atom. The van der Waals surface area contributed by atoms with Crippen molar-refractivity contribution in [3.63, 3.8) is 0 Å². The first-order valence-corrected chi connectivity index (χ1v) is 7.72. The largest absolute Gasteiger partial charge is 0.495 e. The van der Waals surface area contributed by atoms with E-state index < -0.39 is 9.84 Å². The molecule has 0 aliphatic carbocycles. The second kappa shape index (κ2) is 5.68. The van der Waals surface area contributed by atoms with Gasteiger partial charge in [0.1, 0.15) is 10.6 Å². The van der Waals surface area contributed by atoms with Gasteiger partial charge in [-0.25, -0.2) is 8.42 Å². The van der Waals surface area contributed by atoms with Crippen LogP contribution in [0.25, 0.3) is 0 Å². The SMILES string of the molecule is COc1cc(N)ccc1S(=O)(=O)Cc1ccncc1Cl. The summed E-state index contributed by atoms with van der Waals surface area (Å²) < 4.78 is 30.0. The number of rotatable bonds is 4. The van der Waals surface area contributed by atoms with Gasteiger partial charge in [-0.15, -0.1) is 0 Å². The van der Waals surface area contributed by atoms with Crippen LogP contribution >= 0.6 is 11.6 Å². The quantitative estimate of drug-likeness (QED) is 0.876. The standard InChI is InChI=1S/C13H13ClN2O3S/c1-19-12-6-10(15)2-3-13(12)20(17,18)8-9-4-5-16-7-11(9)14/h2-7H,8,15H2,1H3. The molecule has 0 unspecified atom stereocenters. The summed E-state index contributed by atoms with van der Waals surface area (Å²) in [5.74, 6) is -0.00979. The maximum Gasteiger partial charge on any atom is 0.186 e. The molecular weight excluding hydrogens is 300 g/mol. The van der Waals surface area contributed by atoms with E-state index in [2.05, 4.69) is 4.98 Å². The number of anilines is 1. The molecule has 2 N–H and O–H groups in total. The predicted octanol–water partition coefficient (Wildman–Crippen LogP) is 2.30. The van der Waals surface area contributed by atoms with Gasteiger partial charge >= 0.3 is 0 Å². The molecule has 0 aliphatic heterocycles. The zero-order chi connectivity index (χ0) is 14.8. The molecule has 0 amide bonds. The number of nitrogen functional groups attached to an aromatic ring is 1. The predicted molar refractivity (Wildman–Crippen MR) is 77.5 cm³/mol. The average Bonchev–Trinajstić information content (AvgIpc) is 2.40. The number of nitrogens with two attached hydrogens (primary N) is 1. The van der Waals surface area contributed by atoms with E-state index in [-0.39, 0.29) is 16.4 Å². The van der Waals surface area contributed by atoms with Crippen LogP contribution in [0, 0.1) is 0 Å². The molecule has 2 aromatic rings. The molecule has 0 saturated heterocycles. The van der Waals surface area contributed by atoms with Crippen LogP contribution < -0.4 is 10.5 Å². The van der Waals surface area contributed by atoms with Crippen LogP contribution in [0.2, 0.25) is 5.02 Å². The van der Waals surface area contributed by atoms with Crippen LogP contribution in [0.5, 0.6) is 5.75 Å². The maximum absolute atomic E-state index is 12.4. The van der Waals surface area contributed by atoms with Crippen molar-refractivity contribution >= 4 is 27.1 Å². The Hall–Kier alpha value is -1.79. The molecule has 2 rings (SSSR count). The number of aromatic nitrogens is 1. The van der Waals surface area contributed by atoms with Gasteiger partial charge in [-0.2, -0.15) is 0 Å². The zero-order valence-electron chi connectivity index (χ0n) is 10.7. The Labute approximate surface area is 122 Å². The lowest BCUT2D eigenvalue weighted by atomic mass is 10.3. The Morgan fingerprint density at radius 3 is 2.75 bits per heavy atom. The average molecular weight is 313 g/mol. The van der Waals surface area contributed by atoms with E-state index in [1.165, 1.54) is 37.7 Å². The Bertz CT molecular complexity index is 732. The molecule has 7 heteroatoms. The summed E-state index contributed by atoms with van der Waals surface area (Å²) >= 11 is 5.94. The van der Waals surface area contributed by atoms with Gasteiger partial charge in [0.15, 0.2) is 9.84 Å². The first kappa shape index (κ1) is 14.6. The molecule has 0 radical (unpaired) electrons. The second-order valence-electron chi connectivity index (χ2n) is 4.14. The van der Waals surface area contributed by atoms with E-state index in [0.29, 0.717) is 16.3 Å². The van der Waals surface area contributed by atoms with Crippen LogP contribution in [0.3, 0.4) is 0 Å². The summed E-state index contributed by atoms with van der Waals surface area (Å²) in [6.45, 7) is 0. The third-order valence-corrected chi connectivity index (χ3v) is 4.76. The fourth-order valence-corrected chi connectivity index (χ4v) is 3.55. The lowest BCUT2D eigenvalue weighted by Crippen LogP contribution is -2.08. The van der Waals surface area contributed by atoms with Crippen molar-refractivity contribution in [2.75, 3.05) is 12.8 Å². The Morgan fingerprint density at radius 2 is 2.10 bits per heavy atom. The molecule has 1 aromatic heterocycles. The molecule has 0 fully saturated rings. The van der Waals surface area contributed by atoms with Gasteiger partial charge in [-0.3, -0.25) is 4.98 Å². The maximum atomic E-state index is 12.4. The normalized spacial score (nSPS) is 11.3. The Balaban J connectivity index is 2.44. The molecule has 106 valence electrons. The van der Waals surface area contributed by atoms with Crippen molar-refractivity contribution < 1.29 is 13.2 Å². The summed E-state index contributed by atoms with van der Waals surface area (Å²) in [6.07, 6.45) is 2.91. The van der Waals surface area contributed by atoms with Crippen LogP contribution in [0.4, 0.5) is 5.69 Å². The summed E-state index contributed by atoms with van der Waals surface area (Å²) in [7, 11) is -2.19. The zero-order valence-corrected chi connectivity index (χ0v) is 12.3. The van der Waals surface area contributed by atoms with E-state index in [0.717, 1.165) is 0 Å². The third-order valence-electron chi connectivity index (χ3n) is 2.72. The van der Waals surface area contributed by atoms with Gasteiger partial charge in [0.05, 0.1) is 17.9 Å². The van der Waals surface area contributed by atoms with Crippen molar-refractivity contribution in [2.24, 2.45) is 0 Å². The lowest BCUT2D eigenvalue weighted by molar-refractivity contribution is 0.403. The smallest absolute Gasteiger partial charge is 0.186 e. The van der Waals surface area contributed by atoms with E-state index in [9.17, 15) is 8.42 Å². The minimum absolute atomic E-state index is 0.0853. The molecule has 0 atom stereocenters. The minimum Gasteiger partial charge on any atom is -0.495 e. The highest BCUT2D eigenvalue weighted by Gasteiger charge is 2.21. The fourth-order valence-electron chi connectivity index (χ4n) is 1.74.